The first-order valence-electron chi connectivity index (χ1n) is 7.10. The number of halogens is 1. The number of aliphatic hydroxyl groups excluding tert-OH is 1. The molecular formula is C16H22BrNO2. The van der Waals surface area contributed by atoms with Crippen molar-refractivity contribution in [1.82, 2.24) is 4.90 Å². The largest absolute Gasteiger partial charge is 0.393 e. The van der Waals surface area contributed by atoms with E-state index >= 15 is 0 Å². The lowest BCUT2D eigenvalue weighted by Crippen LogP contribution is -2.34. The smallest absolute Gasteiger partial charge is 0.253 e. The molecule has 1 N–H and O–H groups in total. The second kappa shape index (κ2) is 6.27. The molecule has 0 heterocycles. The maximum absolute atomic E-state index is 12.6. The number of rotatable bonds is 3. The Morgan fingerprint density at radius 2 is 2.05 bits per heavy atom. The van der Waals surface area contributed by atoms with Gasteiger partial charge in [-0.25, -0.2) is 0 Å². The summed E-state index contributed by atoms with van der Waals surface area (Å²) in [6.07, 6.45) is 2.68. The molecule has 3 nitrogen and oxygen atoms in total. The highest BCUT2D eigenvalue weighted by molar-refractivity contribution is 9.10. The molecule has 2 unspecified atom stereocenters. The molecule has 0 spiro atoms. The topological polar surface area (TPSA) is 40.5 Å². The third-order valence-electron chi connectivity index (χ3n) is 4.21. The van der Waals surface area contributed by atoms with Crippen LogP contribution in [0.2, 0.25) is 0 Å². The first-order chi connectivity index (χ1) is 9.40. The molecule has 1 saturated carbocycles. The van der Waals surface area contributed by atoms with Crippen LogP contribution in [0.5, 0.6) is 0 Å². The third-order valence-corrected chi connectivity index (χ3v) is 5.06. The van der Waals surface area contributed by atoms with E-state index in [-0.39, 0.29) is 17.9 Å². The first-order valence-corrected chi connectivity index (χ1v) is 7.89. The number of hydrogen-bond acceptors (Lipinski definition) is 2. The van der Waals surface area contributed by atoms with Gasteiger partial charge in [-0.05, 0) is 49.9 Å². The minimum Gasteiger partial charge on any atom is -0.393 e. The summed E-state index contributed by atoms with van der Waals surface area (Å²) in [6, 6.07) is 3.92. The van der Waals surface area contributed by atoms with Gasteiger partial charge < -0.3 is 10.0 Å². The monoisotopic (exact) mass is 339 g/mol. The van der Waals surface area contributed by atoms with E-state index in [9.17, 15) is 9.90 Å². The zero-order valence-electron chi connectivity index (χ0n) is 12.3. The number of hydrogen-bond donors (Lipinski definition) is 1. The molecule has 4 heteroatoms. The molecule has 1 aromatic carbocycles. The molecule has 0 saturated heterocycles. The van der Waals surface area contributed by atoms with E-state index in [4.69, 9.17) is 0 Å². The van der Waals surface area contributed by atoms with Gasteiger partial charge in [0.05, 0.1) is 6.10 Å². The molecule has 20 heavy (non-hydrogen) atoms. The first kappa shape index (κ1) is 15.5. The Labute approximate surface area is 129 Å². The molecule has 1 fully saturated rings. The van der Waals surface area contributed by atoms with Crippen LogP contribution in [0, 0.1) is 19.8 Å². The van der Waals surface area contributed by atoms with E-state index in [0.717, 1.165) is 40.4 Å². The van der Waals surface area contributed by atoms with Crippen LogP contribution in [0.1, 0.15) is 40.7 Å². The van der Waals surface area contributed by atoms with Gasteiger partial charge in [-0.3, -0.25) is 4.79 Å². The molecule has 2 atom stereocenters. The van der Waals surface area contributed by atoms with Crippen molar-refractivity contribution in [3.05, 3.63) is 33.3 Å². The normalized spacial score (nSPS) is 22.1. The summed E-state index contributed by atoms with van der Waals surface area (Å²) < 4.78 is 1.03. The van der Waals surface area contributed by atoms with Crippen LogP contribution >= 0.6 is 15.9 Å². The molecule has 1 aromatic rings. The summed E-state index contributed by atoms with van der Waals surface area (Å²) in [5, 5.41) is 9.88. The number of aliphatic hydroxyl groups is 1. The average Bonchev–Trinajstić information content (AvgIpc) is 2.78. The number of nitrogens with zero attached hydrogens (tertiary/aromatic N) is 1. The Kier molecular flexibility index (Phi) is 4.86. The molecule has 0 radical (unpaired) electrons. The lowest BCUT2D eigenvalue weighted by Gasteiger charge is -2.24. The fourth-order valence-electron chi connectivity index (χ4n) is 2.88. The minimum atomic E-state index is -0.252. The van der Waals surface area contributed by atoms with Crippen molar-refractivity contribution in [2.45, 2.75) is 39.2 Å². The fraction of sp³-hybridized carbons (Fsp3) is 0.562. The van der Waals surface area contributed by atoms with Crippen LogP contribution in [-0.2, 0) is 0 Å². The highest BCUT2D eigenvalue weighted by atomic mass is 79.9. The highest BCUT2D eigenvalue weighted by Gasteiger charge is 2.28. The Hall–Kier alpha value is -0.870. The Bertz CT molecular complexity index is 515. The maximum atomic E-state index is 12.6. The van der Waals surface area contributed by atoms with Crippen LogP contribution in [0.4, 0.5) is 0 Å². The van der Waals surface area contributed by atoms with Crippen LogP contribution in [-0.4, -0.2) is 35.6 Å². The minimum absolute atomic E-state index is 0.0391. The second-order valence-electron chi connectivity index (χ2n) is 5.86. The standard InChI is InChI=1S/C16H22BrNO2/c1-10-8-14(17)11(2)7-13(10)16(20)18(3)9-12-5-4-6-15(12)19/h7-8,12,15,19H,4-6,9H2,1-3H3. The van der Waals surface area contributed by atoms with Crippen LogP contribution in [0.15, 0.2) is 16.6 Å². The van der Waals surface area contributed by atoms with Gasteiger partial charge in [0, 0.05) is 29.5 Å². The lowest BCUT2D eigenvalue weighted by atomic mass is 10.0. The zero-order chi connectivity index (χ0) is 14.9. The van der Waals surface area contributed by atoms with Gasteiger partial charge in [-0.1, -0.05) is 22.4 Å². The molecular weight excluding hydrogens is 318 g/mol. The van der Waals surface area contributed by atoms with Gasteiger partial charge in [0.25, 0.3) is 5.91 Å². The highest BCUT2D eigenvalue weighted by Crippen LogP contribution is 2.27. The summed E-state index contributed by atoms with van der Waals surface area (Å²) in [4.78, 5) is 14.3. The van der Waals surface area contributed by atoms with Gasteiger partial charge in [-0.15, -0.1) is 0 Å². The van der Waals surface area contributed by atoms with Crippen LogP contribution in [0.3, 0.4) is 0 Å². The predicted molar refractivity (Wildman–Crippen MR) is 83.9 cm³/mol. The fourth-order valence-corrected chi connectivity index (χ4v) is 3.34. The number of benzene rings is 1. The van der Waals surface area contributed by atoms with E-state index in [1.807, 2.05) is 33.0 Å². The van der Waals surface area contributed by atoms with E-state index < -0.39 is 0 Å². The van der Waals surface area contributed by atoms with Gasteiger partial charge in [0.15, 0.2) is 0 Å². The van der Waals surface area contributed by atoms with Gasteiger partial charge in [-0.2, -0.15) is 0 Å². The summed E-state index contributed by atoms with van der Waals surface area (Å²) >= 11 is 3.49. The zero-order valence-corrected chi connectivity index (χ0v) is 13.9. The molecule has 110 valence electrons. The quantitative estimate of drug-likeness (QED) is 0.917. The molecule has 0 bridgehead atoms. The van der Waals surface area contributed by atoms with Crippen molar-refractivity contribution >= 4 is 21.8 Å². The summed E-state index contributed by atoms with van der Waals surface area (Å²) in [5.41, 5.74) is 2.79. The SMILES string of the molecule is Cc1cc(C(=O)N(C)CC2CCCC2O)c(C)cc1Br. The number of amides is 1. The number of carbonyl (C=O) groups excluding carboxylic acids is 1. The molecule has 1 aliphatic carbocycles. The van der Waals surface area contributed by atoms with Gasteiger partial charge >= 0.3 is 0 Å². The Morgan fingerprint density at radius 1 is 1.35 bits per heavy atom. The average molecular weight is 340 g/mol. The Morgan fingerprint density at radius 3 is 2.65 bits per heavy atom. The third kappa shape index (κ3) is 3.23. The summed E-state index contributed by atoms with van der Waals surface area (Å²) in [7, 11) is 1.82. The molecule has 0 aromatic heterocycles. The maximum Gasteiger partial charge on any atom is 0.253 e. The molecule has 2 rings (SSSR count). The van der Waals surface area contributed by atoms with Crippen molar-refractivity contribution in [3.8, 4) is 0 Å². The summed E-state index contributed by atoms with van der Waals surface area (Å²) in [5.74, 6) is 0.262. The second-order valence-corrected chi connectivity index (χ2v) is 6.71. The molecule has 1 amide bonds. The van der Waals surface area contributed by atoms with Crippen molar-refractivity contribution in [2.24, 2.45) is 5.92 Å². The van der Waals surface area contributed by atoms with Crippen molar-refractivity contribution in [2.75, 3.05) is 13.6 Å². The lowest BCUT2D eigenvalue weighted by molar-refractivity contribution is 0.0693. The number of carbonyl (C=O) groups is 1. The predicted octanol–water partition coefficient (Wildman–Crippen LogP) is 3.30. The molecule has 0 aliphatic heterocycles. The molecule has 1 aliphatic rings. The summed E-state index contributed by atoms with van der Waals surface area (Å²) in [6.45, 7) is 4.57. The van der Waals surface area contributed by atoms with Crippen LogP contribution < -0.4 is 0 Å². The Balaban J connectivity index is 2.12. The van der Waals surface area contributed by atoms with Crippen molar-refractivity contribution in [3.63, 3.8) is 0 Å². The van der Waals surface area contributed by atoms with Gasteiger partial charge in [0.1, 0.15) is 0 Å². The van der Waals surface area contributed by atoms with Crippen LogP contribution in [0.25, 0.3) is 0 Å². The van der Waals surface area contributed by atoms with Crippen molar-refractivity contribution in [1.29, 1.82) is 0 Å². The van der Waals surface area contributed by atoms with E-state index in [1.165, 1.54) is 0 Å². The van der Waals surface area contributed by atoms with E-state index in [0.29, 0.717) is 6.54 Å². The van der Waals surface area contributed by atoms with E-state index in [1.54, 1.807) is 4.90 Å². The number of aryl methyl sites for hydroxylation is 2. The van der Waals surface area contributed by atoms with Gasteiger partial charge in [0.2, 0.25) is 0 Å². The van der Waals surface area contributed by atoms with Crippen molar-refractivity contribution < 1.29 is 9.90 Å². The van der Waals surface area contributed by atoms with E-state index in [2.05, 4.69) is 15.9 Å².